The Morgan fingerprint density at radius 1 is 1.17 bits per heavy atom. The summed E-state index contributed by atoms with van der Waals surface area (Å²) >= 11 is 1.51. The van der Waals surface area contributed by atoms with E-state index in [2.05, 4.69) is 4.98 Å². The summed E-state index contributed by atoms with van der Waals surface area (Å²) in [5.74, 6) is -0.595. The first kappa shape index (κ1) is 16.2. The molecule has 0 atom stereocenters. The van der Waals surface area contributed by atoms with Gasteiger partial charge in [-0.15, -0.1) is 11.3 Å². The quantitative estimate of drug-likeness (QED) is 0.712. The summed E-state index contributed by atoms with van der Waals surface area (Å²) in [4.78, 5) is 16.6. The third-order valence-electron chi connectivity index (χ3n) is 3.66. The zero-order chi connectivity index (χ0) is 17.1. The Bertz CT molecular complexity index is 869. The van der Waals surface area contributed by atoms with Gasteiger partial charge in [0.2, 0.25) is 0 Å². The van der Waals surface area contributed by atoms with Gasteiger partial charge in [0.1, 0.15) is 22.9 Å². The molecule has 0 aliphatic heterocycles. The third kappa shape index (κ3) is 3.46. The fourth-order valence-corrected chi connectivity index (χ4v) is 3.05. The SMILES string of the molecule is Cc1ccc(-c2nc(COC(=O)c3cccc(C)c3O)cs2)cc1. The highest BCUT2D eigenvalue weighted by molar-refractivity contribution is 7.13. The number of nitrogens with zero attached hydrogens (tertiary/aromatic N) is 1. The summed E-state index contributed by atoms with van der Waals surface area (Å²) in [6, 6.07) is 13.1. The zero-order valence-electron chi connectivity index (χ0n) is 13.4. The largest absolute Gasteiger partial charge is 0.507 e. The highest BCUT2D eigenvalue weighted by Crippen LogP contribution is 2.25. The highest BCUT2D eigenvalue weighted by Gasteiger charge is 2.15. The molecule has 1 aromatic heterocycles. The van der Waals surface area contributed by atoms with Gasteiger partial charge < -0.3 is 9.84 Å². The van der Waals surface area contributed by atoms with Crippen LogP contribution < -0.4 is 0 Å². The van der Waals surface area contributed by atoms with Crippen LogP contribution in [0.4, 0.5) is 0 Å². The summed E-state index contributed by atoms with van der Waals surface area (Å²) in [7, 11) is 0. The van der Waals surface area contributed by atoms with E-state index in [9.17, 15) is 9.90 Å². The third-order valence-corrected chi connectivity index (χ3v) is 4.60. The van der Waals surface area contributed by atoms with Crippen molar-refractivity contribution >= 4 is 17.3 Å². The Labute approximate surface area is 144 Å². The predicted molar refractivity (Wildman–Crippen MR) is 94.3 cm³/mol. The van der Waals surface area contributed by atoms with Gasteiger partial charge in [0, 0.05) is 10.9 Å². The Kier molecular flexibility index (Phi) is 4.62. The van der Waals surface area contributed by atoms with Crippen LogP contribution in [0.2, 0.25) is 0 Å². The average Bonchev–Trinajstić information content (AvgIpc) is 3.05. The number of hydrogen-bond donors (Lipinski definition) is 1. The second-order valence-electron chi connectivity index (χ2n) is 5.56. The number of phenols is 1. The molecule has 5 heteroatoms. The lowest BCUT2D eigenvalue weighted by Gasteiger charge is -2.06. The van der Waals surface area contributed by atoms with Crippen molar-refractivity contribution in [2.24, 2.45) is 0 Å². The van der Waals surface area contributed by atoms with Crippen LogP contribution in [-0.2, 0) is 11.3 Å². The fourth-order valence-electron chi connectivity index (χ4n) is 2.24. The molecule has 0 saturated heterocycles. The molecule has 1 N–H and O–H groups in total. The number of aromatic hydroxyl groups is 1. The molecule has 0 aliphatic carbocycles. The number of ether oxygens (including phenoxy) is 1. The molecule has 4 nitrogen and oxygen atoms in total. The summed E-state index contributed by atoms with van der Waals surface area (Å²) in [6.07, 6.45) is 0. The van der Waals surface area contributed by atoms with E-state index in [0.29, 0.717) is 11.3 Å². The molecule has 0 radical (unpaired) electrons. The van der Waals surface area contributed by atoms with Gasteiger partial charge in [-0.2, -0.15) is 0 Å². The summed E-state index contributed by atoms with van der Waals surface area (Å²) in [6.45, 7) is 3.85. The molecule has 0 spiro atoms. The molecule has 2 aromatic carbocycles. The maximum absolute atomic E-state index is 12.1. The number of aryl methyl sites for hydroxylation is 2. The lowest BCUT2D eigenvalue weighted by atomic mass is 10.1. The van der Waals surface area contributed by atoms with Crippen LogP contribution in [0, 0.1) is 13.8 Å². The van der Waals surface area contributed by atoms with Crippen LogP contribution in [0.1, 0.15) is 27.2 Å². The molecular formula is C19H17NO3S. The van der Waals surface area contributed by atoms with Crippen molar-refractivity contribution in [3.63, 3.8) is 0 Å². The standard InChI is InChI=1S/C19H17NO3S/c1-12-6-8-14(9-7-12)18-20-15(11-24-18)10-23-19(22)16-5-3-4-13(2)17(16)21/h3-9,11,21H,10H2,1-2H3. The van der Waals surface area contributed by atoms with E-state index in [0.717, 1.165) is 10.6 Å². The van der Waals surface area contributed by atoms with Crippen LogP contribution >= 0.6 is 11.3 Å². The van der Waals surface area contributed by atoms with Crippen LogP contribution in [-0.4, -0.2) is 16.1 Å². The molecule has 0 aliphatic rings. The van der Waals surface area contributed by atoms with E-state index in [-0.39, 0.29) is 17.9 Å². The van der Waals surface area contributed by atoms with Crippen LogP contribution in [0.15, 0.2) is 47.8 Å². The first-order chi connectivity index (χ1) is 11.5. The number of thiazole rings is 1. The number of rotatable bonds is 4. The van der Waals surface area contributed by atoms with Crippen molar-refractivity contribution in [1.29, 1.82) is 0 Å². The molecule has 0 fully saturated rings. The lowest BCUT2D eigenvalue weighted by molar-refractivity contribution is 0.0465. The molecule has 0 saturated carbocycles. The van der Waals surface area contributed by atoms with E-state index in [1.165, 1.54) is 16.9 Å². The number of benzene rings is 2. The monoisotopic (exact) mass is 339 g/mol. The Hall–Kier alpha value is -2.66. The van der Waals surface area contributed by atoms with E-state index in [1.54, 1.807) is 25.1 Å². The number of para-hydroxylation sites is 1. The summed E-state index contributed by atoms with van der Waals surface area (Å²) in [5, 5.41) is 12.7. The van der Waals surface area contributed by atoms with Crippen molar-refractivity contribution < 1.29 is 14.6 Å². The molecule has 3 aromatic rings. The number of carbonyl (C=O) groups is 1. The summed E-state index contributed by atoms with van der Waals surface area (Å²) < 4.78 is 5.26. The van der Waals surface area contributed by atoms with E-state index < -0.39 is 5.97 Å². The van der Waals surface area contributed by atoms with Crippen molar-refractivity contribution in [2.75, 3.05) is 0 Å². The van der Waals surface area contributed by atoms with Crippen LogP contribution in [0.25, 0.3) is 10.6 Å². The molecule has 1 heterocycles. The average molecular weight is 339 g/mol. The smallest absolute Gasteiger partial charge is 0.342 e. The molecule has 0 bridgehead atoms. The minimum atomic E-state index is -0.555. The Morgan fingerprint density at radius 3 is 2.67 bits per heavy atom. The first-order valence-electron chi connectivity index (χ1n) is 7.52. The van der Waals surface area contributed by atoms with Gasteiger partial charge in [-0.25, -0.2) is 9.78 Å². The maximum Gasteiger partial charge on any atom is 0.342 e. The van der Waals surface area contributed by atoms with Gasteiger partial charge in [0.05, 0.1) is 5.69 Å². The normalized spacial score (nSPS) is 10.6. The van der Waals surface area contributed by atoms with Crippen LogP contribution in [0.5, 0.6) is 5.75 Å². The topological polar surface area (TPSA) is 59.4 Å². The maximum atomic E-state index is 12.1. The second-order valence-corrected chi connectivity index (χ2v) is 6.42. The molecule has 122 valence electrons. The van der Waals surface area contributed by atoms with Gasteiger partial charge in [-0.1, -0.05) is 42.0 Å². The number of esters is 1. The van der Waals surface area contributed by atoms with Crippen molar-refractivity contribution in [3.8, 4) is 16.3 Å². The van der Waals surface area contributed by atoms with E-state index >= 15 is 0 Å². The lowest BCUT2D eigenvalue weighted by Crippen LogP contribution is -2.06. The van der Waals surface area contributed by atoms with Crippen molar-refractivity contribution in [1.82, 2.24) is 4.98 Å². The van der Waals surface area contributed by atoms with E-state index in [4.69, 9.17) is 4.74 Å². The van der Waals surface area contributed by atoms with Gasteiger partial charge >= 0.3 is 5.97 Å². The number of hydrogen-bond acceptors (Lipinski definition) is 5. The first-order valence-corrected chi connectivity index (χ1v) is 8.39. The highest BCUT2D eigenvalue weighted by atomic mass is 32.1. The van der Waals surface area contributed by atoms with Crippen LogP contribution in [0.3, 0.4) is 0 Å². The Balaban J connectivity index is 1.68. The number of phenolic OH excluding ortho intramolecular Hbond substituents is 1. The minimum Gasteiger partial charge on any atom is -0.507 e. The van der Waals surface area contributed by atoms with Gasteiger partial charge in [-0.05, 0) is 25.5 Å². The number of aromatic nitrogens is 1. The van der Waals surface area contributed by atoms with Gasteiger partial charge in [0.15, 0.2) is 0 Å². The van der Waals surface area contributed by atoms with Crippen molar-refractivity contribution in [2.45, 2.75) is 20.5 Å². The molecule has 0 amide bonds. The van der Waals surface area contributed by atoms with Gasteiger partial charge in [0.25, 0.3) is 0 Å². The predicted octanol–water partition coefficient (Wildman–Crippen LogP) is 4.49. The summed E-state index contributed by atoms with van der Waals surface area (Å²) in [5.41, 5.74) is 3.74. The molecular weight excluding hydrogens is 322 g/mol. The minimum absolute atomic E-state index is 0.0406. The van der Waals surface area contributed by atoms with Crippen molar-refractivity contribution in [3.05, 3.63) is 70.2 Å². The second kappa shape index (κ2) is 6.84. The fraction of sp³-hybridized carbons (Fsp3) is 0.158. The molecule has 3 rings (SSSR count). The molecule has 0 unspecified atom stereocenters. The number of carbonyl (C=O) groups excluding carboxylic acids is 1. The van der Waals surface area contributed by atoms with E-state index in [1.807, 2.05) is 36.6 Å². The zero-order valence-corrected chi connectivity index (χ0v) is 14.3. The molecule has 24 heavy (non-hydrogen) atoms. The Morgan fingerprint density at radius 2 is 1.92 bits per heavy atom. The van der Waals surface area contributed by atoms with Gasteiger partial charge in [-0.3, -0.25) is 0 Å².